The van der Waals surface area contributed by atoms with Crippen LogP contribution in [-0.4, -0.2) is 0 Å². The summed E-state index contributed by atoms with van der Waals surface area (Å²) in [4.78, 5) is 0. The van der Waals surface area contributed by atoms with E-state index in [0.717, 1.165) is 0 Å². The van der Waals surface area contributed by atoms with Crippen LogP contribution in [-0.2, 0) is 5.41 Å². The van der Waals surface area contributed by atoms with Crippen LogP contribution in [0, 0.1) is 11.8 Å². The van der Waals surface area contributed by atoms with E-state index in [2.05, 4.69) is 147 Å². The number of hydrogen-bond donors (Lipinski definition) is 0. The van der Waals surface area contributed by atoms with Gasteiger partial charge in [-0.3, -0.25) is 0 Å². The van der Waals surface area contributed by atoms with E-state index in [1.165, 1.54) is 65.7 Å². The topological polar surface area (TPSA) is 0 Å². The van der Waals surface area contributed by atoms with Crippen molar-refractivity contribution in [2.24, 2.45) is 11.8 Å². The number of fused-ring (bicyclic) bond motifs is 7. The Labute approximate surface area is 230 Å². The highest BCUT2D eigenvalue weighted by Crippen LogP contribution is 2.52. The first-order chi connectivity index (χ1) is 19.1. The van der Waals surface area contributed by atoms with Crippen molar-refractivity contribution in [3.05, 3.63) is 166 Å². The van der Waals surface area contributed by atoms with Gasteiger partial charge in [-0.25, -0.2) is 0 Å². The Bertz CT molecular complexity index is 1980. The number of benzene rings is 5. The zero-order valence-electron chi connectivity index (χ0n) is 22.4. The fourth-order valence-corrected chi connectivity index (χ4v) is 7.55. The van der Waals surface area contributed by atoms with Gasteiger partial charge in [0.05, 0.1) is 0 Å². The lowest BCUT2D eigenvalue weighted by Crippen LogP contribution is -2.40. The Kier molecular flexibility index (Phi) is 4.79. The summed E-state index contributed by atoms with van der Waals surface area (Å²) in [6.07, 6.45) is 9.28. The predicted octanol–water partition coefficient (Wildman–Crippen LogP) is 7.92. The third-order valence-corrected chi connectivity index (χ3v) is 9.24. The number of rotatable bonds is 2. The smallest absolute Gasteiger partial charge is 0.0165 e. The molecule has 0 heteroatoms. The molecule has 5 aromatic rings. The molecule has 8 rings (SSSR count). The van der Waals surface area contributed by atoms with E-state index in [4.69, 9.17) is 0 Å². The predicted molar refractivity (Wildman–Crippen MR) is 164 cm³/mol. The minimum absolute atomic E-state index is 0.0701. The lowest BCUT2D eigenvalue weighted by atomic mass is 9.69. The molecule has 0 nitrogen and oxygen atoms in total. The summed E-state index contributed by atoms with van der Waals surface area (Å²) in [5.41, 5.74) is 11.1. The molecule has 0 amide bonds. The fourth-order valence-electron chi connectivity index (χ4n) is 7.55. The molecule has 0 heterocycles. The molecule has 39 heavy (non-hydrogen) atoms. The van der Waals surface area contributed by atoms with E-state index in [0.29, 0.717) is 11.8 Å². The average Bonchev–Trinajstić information content (AvgIpc) is 3.22. The van der Waals surface area contributed by atoms with Gasteiger partial charge in [0, 0.05) is 17.3 Å². The van der Waals surface area contributed by atoms with Crippen LogP contribution in [0.4, 0.5) is 0 Å². The molecule has 3 aliphatic rings. The average molecular weight is 499 g/mol. The summed E-state index contributed by atoms with van der Waals surface area (Å²) in [5.74, 6) is 0.607. The minimum Gasteiger partial charge on any atom is -0.0760 e. The first-order valence-corrected chi connectivity index (χ1v) is 14.0. The van der Waals surface area contributed by atoms with Gasteiger partial charge in [-0.05, 0) is 71.8 Å². The molecule has 0 aliphatic heterocycles. The molecule has 0 fully saturated rings. The second-order valence-electron chi connectivity index (χ2n) is 11.7. The molecule has 0 saturated heterocycles. The lowest BCUT2D eigenvalue weighted by molar-refractivity contribution is 0.664. The number of allylic oxidation sites excluding steroid dienone is 4. The van der Waals surface area contributed by atoms with Crippen molar-refractivity contribution < 1.29 is 0 Å². The van der Waals surface area contributed by atoms with Gasteiger partial charge in [-0.2, -0.15) is 0 Å². The van der Waals surface area contributed by atoms with Gasteiger partial charge in [0.2, 0.25) is 0 Å². The van der Waals surface area contributed by atoms with Gasteiger partial charge in [-0.15, -0.1) is 0 Å². The van der Waals surface area contributed by atoms with Crippen LogP contribution in [0.3, 0.4) is 0 Å². The first-order valence-electron chi connectivity index (χ1n) is 14.0. The van der Waals surface area contributed by atoms with Crippen molar-refractivity contribution in [2.75, 3.05) is 0 Å². The quantitative estimate of drug-likeness (QED) is 0.232. The fraction of sp³-hybridized carbons (Fsp3) is 0.128. The molecule has 2 unspecified atom stereocenters. The minimum atomic E-state index is -0.0701. The van der Waals surface area contributed by atoms with Crippen molar-refractivity contribution in [1.29, 1.82) is 0 Å². The van der Waals surface area contributed by atoms with E-state index in [-0.39, 0.29) is 5.41 Å². The molecule has 0 spiro atoms. The van der Waals surface area contributed by atoms with Gasteiger partial charge in [-0.1, -0.05) is 141 Å². The van der Waals surface area contributed by atoms with Gasteiger partial charge >= 0.3 is 0 Å². The van der Waals surface area contributed by atoms with Crippen molar-refractivity contribution >= 4 is 21.9 Å². The van der Waals surface area contributed by atoms with Crippen LogP contribution >= 0.6 is 0 Å². The molecule has 0 saturated carbocycles. The van der Waals surface area contributed by atoms with E-state index < -0.39 is 0 Å². The third kappa shape index (κ3) is 3.18. The van der Waals surface area contributed by atoms with Gasteiger partial charge < -0.3 is 0 Å². The number of hydrogen-bond acceptors (Lipinski definition) is 0. The molecule has 5 aromatic carbocycles. The summed E-state index contributed by atoms with van der Waals surface area (Å²) in [7, 11) is 0. The Balaban J connectivity index is 1.41. The van der Waals surface area contributed by atoms with Crippen LogP contribution in [0.15, 0.2) is 133 Å². The Morgan fingerprint density at radius 1 is 0.538 bits per heavy atom. The van der Waals surface area contributed by atoms with Crippen LogP contribution in [0.25, 0.3) is 33.0 Å². The van der Waals surface area contributed by atoms with E-state index in [9.17, 15) is 0 Å². The standard InChI is InChI=1S/C39H30/c1-39(2)35-24-27(21-22-29(35)34-23-20-25-12-6-7-15-28(25)38(34)39)37-32-18-10-8-16-30(32)36(26-13-4-3-5-14-26)31-17-9-11-19-33(31)37/h3-24,30,32H,1-2H3. The van der Waals surface area contributed by atoms with E-state index in [1.54, 1.807) is 0 Å². The molecule has 3 aliphatic carbocycles. The second-order valence-corrected chi connectivity index (χ2v) is 11.7. The van der Waals surface area contributed by atoms with Crippen molar-refractivity contribution in [3.63, 3.8) is 0 Å². The highest BCUT2D eigenvalue weighted by atomic mass is 14.4. The summed E-state index contributed by atoms with van der Waals surface area (Å²) in [6.45, 7) is 4.81. The summed E-state index contributed by atoms with van der Waals surface area (Å²) in [6, 6.07) is 40.7. The van der Waals surface area contributed by atoms with Crippen molar-refractivity contribution in [3.8, 4) is 11.1 Å². The maximum absolute atomic E-state index is 2.51. The third-order valence-electron chi connectivity index (χ3n) is 9.24. The van der Waals surface area contributed by atoms with Crippen LogP contribution < -0.4 is 10.4 Å². The Morgan fingerprint density at radius 3 is 1.90 bits per heavy atom. The molecule has 186 valence electrons. The molecular formula is C39H30. The highest BCUT2D eigenvalue weighted by molar-refractivity contribution is 5.98. The van der Waals surface area contributed by atoms with Gasteiger partial charge in [0.15, 0.2) is 0 Å². The molecule has 0 N–H and O–H groups in total. The van der Waals surface area contributed by atoms with Crippen LogP contribution in [0.2, 0.25) is 0 Å². The highest BCUT2D eigenvalue weighted by Gasteiger charge is 2.38. The van der Waals surface area contributed by atoms with Gasteiger partial charge in [0.25, 0.3) is 0 Å². The SMILES string of the molecule is CC1(C)c2cc(C3=c4ccccc4=C(c4ccccc4)C4C=CC=CC34)ccc2-c2ccc3ccccc3c21. The second kappa shape index (κ2) is 8.29. The maximum atomic E-state index is 2.51. The molecule has 2 atom stereocenters. The van der Waals surface area contributed by atoms with Gasteiger partial charge in [0.1, 0.15) is 0 Å². The summed E-state index contributed by atoms with van der Waals surface area (Å²) < 4.78 is 0. The lowest BCUT2D eigenvalue weighted by Gasteiger charge is -2.33. The monoisotopic (exact) mass is 498 g/mol. The van der Waals surface area contributed by atoms with Crippen molar-refractivity contribution in [1.82, 2.24) is 0 Å². The normalized spacial score (nSPS) is 19.9. The van der Waals surface area contributed by atoms with Crippen molar-refractivity contribution in [2.45, 2.75) is 19.3 Å². The van der Waals surface area contributed by atoms with Crippen LogP contribution in [0.5, 0.6) is 0 Å². The summed E-state index contributed by atoms with van der Waals surface area (Å²) in [5, 5.41) is 5.40. The molecular weight excluding hydrogens is 468 g/mol. The summed E-state index contributed by atoms with van der Waals surface area (Å²) >= 11 is 0. The zero-order valence-corrected chi connectivity index (χ0v) is 22.4. The first kappa shape index (κ1) is 22.6. The van der Waals surface area contributed by atoms with E-state index >= 15 is 0 Å². The molecule has 0 radical (unpaired) electrons. The largest absolute Gasteiger partial charge is 0.0760 e. The molecule has 0 aromatic heterocycles. The zero-order chi connectivity index (χ0) is 26.1. The molecule has 0 bridgehead atoms. The van der Waals surface area contributed by atoms with E-state index in [1.807, 2.05) is 0 Å². The Hall–Kier alpha value is -4.42. The maximum Gasteiger partial charge on any atom is 0.0165 e. The Morgan fingerprint density at radius 2 is 1.15 bits per heavy atom. The van der Waals surface area contributed by atoms with Crippen LogP contribution in [0.1, 0.15) is 36.1 Å².